The molecule has 1 amide bonds. The second-order valence-corrected chi connectivity index (χ2v) is 9.27. The second-order valence-electron chi connectivity index (χ2n) is 6.93. The van der Waals surface area contributed by atoms with Crippen LogP contribution in [0.15, 0.2) is 41.3 Å². The zero-order valence-corrected chi connectivity index (χ0v) is 17.9. The predicted octanol–water partition coefficient (Wildman–Crippen LogP) is 1.81. The molecule has 11 heteroatoms. The molecule has 1 saturated heterocycles. The standard InChI is InChI=1S/C20H17ClN2O7S/c1-29-16-5-3-13(21)11-17(16)31(27,28)23-8-6-22(7-9-23)18(24)12-2-4-14-15(10-12)20(26)30-19(14)25/h2-5,10-11H,6-9H2,1H3. The number of esters is 2. The average Bonchev–Trinajstić information content (AvgIpc) is 3.06. The molecule has 0 aliphatic carbocycles. The number of rotatable bonds is 4. The molecule has 2 heterocycles. The van der Waals surface area contributed by atoms with Gasteiger partial charge in [-0.2, -0.15) is 4.31 Å². The highest BCUT2D eigenvalue weighted by Gasteiger charge is 2.34. The maximum absolute atomic E-state index is 13.1. The van der Waals surface area contributed by atoms with Crippen molar-refractivity contribution in [3.05, 3.63) is 58.1 Å². The van der Waals surface area contributed by atoms with Gasteiger partial charge in [-0.05, 0) is 36.4 Å². The van der Waals surface area contributed by atoms with Gasteiger partial charge in [0.1, 0.15) is 10.6 Å². The molecule has 31 heavy (non-hydrogen) atoms. The number of ether oxygens (including phenoxy) is 2. The van der Waals surface area contributed by atoms with Crippen LogP contribution < -0.4 is 4.74 Å². The highest BCUT2D eigenvalue weighted by Crippen LogP contribution is 2.30. The van der Waals surface area contributed by atoms with Crippen LogP contribution in [0, 0.1) is 0 Å². The summed E-state index contributed by atoms with van der Waals surface area (Å²) in [6, 6.07) is 8.50. The molecular weight excluding hydrogens is 448 g/mol. The lowest BCUT2D eigenvalue weighted by molar-refractivity contribution is 0.0443. The van der Waals surface area contributed by atoms with E-state index in [0.29, 0.717) is 0 Å². The molecule has 0 radical (unpaired) electrons. The molecule has 0 unspecified atom stereocenters. The Labute approximate surface area is 183 Å². The largest absolute Gasteiger partial charge is 0.495 e. The molecule has 162 valence electrons. The topological polar surface area (TPSA) is 110 Å². The monoisotopic (exact) mass is 464 g/mol. The van der Waals surface area contributed by atoms with Crippen LogP contribution in [0.3, 0.4) is 0 Å². The molecule has 2 aromatic carbocycles. The number of benzene rings is 2. The summed E-state index contributed by atoms with van der Waals surface area (Å²) in [5, 5.41) is 0.266. The lowest BCUT2D eigenvalue weighted by atomic mass is 10.0. The second kappa shape index (κ2) is 7.95. The van der Waals surface area contributed by atoms with Gasteiger partial charge in [-0.25, -0.2) is 18.0 Å². The first kappa shape index (κ1) is 21.3. The Morgan fingerprint density at radius 1 is 1.00 bits per heavy atom. The van der Waals surface area contributed by atoms with Gasteiger partial charge in [-0.1, -0.05) is 11.6 Å². The van der Waals surface area contributed by atoms with Gasteiger partial charge in [0.15, 0.2) is 0 Å². The maximum atomic E-state index is 13.1. The van der Waals surface area contributed by atoms with Crippen LogP contribution in [-0.2, 0) is 14.8 Å². The lowest BCUT2D eigenvalue weighted by Gasteiger charge is -2.34. The van der Waals surface area contributed by atoms with Crippen molar-refractivity contribution in [3.8, 4) is 5.75 Å². The van der Waals surface area contributed by atoms with E-state index in [4.69, 9.17) is 16.3 Å². The van der Waals surface area contributed by atoms with Crippen molar-refractivity contribution in [2.24, 2.45) is 0 Å². The summed E-state index contributed by atoms with van der Waals surface area (Å²) in [6.07, 6.45) is 0. The van der Waals surface area contributed by atoms with Crippen LogP contribution in [0.4, 0.5) is 0 Å². The first-order valence-electron chi connectivity index (χ1n) is 9.26. The number of fused-ring (bicyclic) bond motifs is 1. The number of carbonyl (C=O) groups is 3. The Kier molecular flexibility index (Phi) is 5.46. The fraction of sp³-hybridized carbons (Fsp3) is 0.250. The molecule has 0 atom stereocenters. The van der Waals surface area contributed by atoms with Crippen molar-refractivity contribution < 1.29 is 32.3 Å². The van der Waals surface area contributed by atoms with Gasteiger partial charge < -0.3 is 14.4 Å². The Balaban J connectivity index is 1.50. The smallest absolute Gasteiger partial charge is 0.346 e. The number of methoxy groups -OCH3 is 1. The molecule has 2 aliphatic rings. The van der Waals surface area contributed by atoms with Gasteiger partial charge in [0.2, 0.25) is 10.0 Å². The fourth-order valence-electron chi connectivity index (χ4n) is 3.52. The van der Waals surface area contributed by atoms with E-state index in [1.165, 1.54) is 52.7 Å². The van der Waals surface area contributed by atoms with E-state index in [1.807, 2.05) is 0 Å². The molecule has 0 spiro atoms. The Hall–Kier alpha value is -2.95. The van der Waals surface area contributed by atoms with Gasteiger partial charge >= 0.3 is 11.9 Å². The summed E-state index contributed by atoms with van der Waals surface area (Å²) < 4.78 is 37.1. The van der Waals surface area contributed by atoms with Gasteiger partial charge in [-0.15, -0.1) is 0 Å². The molecule has 0 N–H and O–H groups in total. The average molecular weight is 465 g/mol. The Morgan fingerprint density at radius 3 is 2.35 bits per heavy atom. The number of piperazine rings is 1. The van der Waals surface area contributed by atoms with Gasteiger partial charge in [0.25, 0.3) is 5.91 Å². The van der Waals surface area contributed by atoms with Crippen LogP contribution in [0.25, 0.3) is 0 Å². The van der Waals surface area contributed by atoms with Crippen molar-refractivity contribution in [2.45, 2.75) is 4.90 Å². The van der Waals surface area contributed by atoms with Gasteiger partial charge in [0.05, 0.1) is 18.2 Å². The molecule has 9 nitrogen and oxygen atoms in total. The van der Waals surface area contributed by atoms with E-state index in [2.05, 4.69) is 4.74 Å². The van der Waals surface area contributed by atoms with Crippen molar-refractivity contribution in [2.75, 3.05) is 33.3 Å². The minimum Gasteiger partial charge on any atom is -0.495 e. The zero-order chi connectivity index (χ0) is 22.3. The SMILES string of the molecule is COc1ccc(Cl)cc1S(=O)(=O)N1CCN(C(=O)c2ccc3c(c2)C(=O)OC3=O)CC1. The Morgan fingerprint density at radius 2 is 1.68 bits per heavy atom. The minimum absolute atomic E-state index is 0.0379. The third-order valence-electron chi connectivity index (χ3n) is 5.16. The highest BCUT2D eigenvalue weighted by molar-refractivity contribution is 7.89. The summed E-state index contributed by atoms with van der Waals surface area (Å²) in [6.45, 7) is 0.466. The number of cyclic esters (lactones) is 2. The summed E-state index contributed by atoms with van der Waals surface area (Å²) in [7, 11) is -2.50. The van der Waals surface area contributed by atoms with Crippen LogP contribution in [0.1, 0.15) is 31.1 Å². The number of hydrogen-bond donors (Lipinski definition) is 0. The van der Waals surface area contributed by atoms with Crippen LogP contribution >= 0.6 is 11.6 Å². The lowest BCUT2D eigenvalue weighted by Crippen LogP contribution is -2.50. The molecule has 1 fully saturated rings. The number of halogens is 1. The van der Waals surface area contributed by atoms with E-state index in [1.54, 1.807) is 0 Å². The van der Waals surface area contributed by atoms with E-state index in [9.17, 15) is 22.8 Å². The number of nitrogens with zero attached hydrogens (tertiary/aromatic N) is 2. The predicted molar refractivity (Wildman–Crippen MR) is 109 cm³/mol. The van der Waals surface area contributed by atoms with E-state index < -0.39 is 22.0 Å². The zero-order valence-electron chi connectivity index (χ0n) is 16.3. The van der Waals surface area contributed by atoms with Crippen molar-refractivity contribution in [3.63, 3.8) is 0 Å². The quantitative estimate of drug-likeness (QED) is 0.501. The maximum Gasteiger partial charge on any atom is 0.346 e. The van der Waals surface area contributed by atoms with Crippen molar-refractivity contribution in [1.82, 2.24) is 9.21 Å². The molecule has 2 aliphatic heterocycles. The summed E-state index contributed by atoms with van der Waals surface area (Å²) in [5.74, 6) is -1.72. The third-order valence-corrected chi connectivity index (χ3v) is 7.32. The summed E-state index contributed by atoms with van der Waals surface area (Å²) in [4.78, 5) is 37.6. The summed E-state index contributed by atoms with van der Waals surface area (Å²) >= 11 is 5.97. The molecule has 0 bridgehead atoms. The first-order valence-corrected chi connectivity index (χ1v) is 11.1. The Bertz CT molecular complexity index is 1200. The summed E-state index contributed by atoms with van der Waals surface area (Å²) in [5.41, 5.74) is 0.385. The molecule has 0 saturated carbocycles. The van der Waals surface area contributed by atoms with Gasteiger partial charge in [0, 0.05) is 36.8 Å². The van der Waals surface area contributed by atoms with Crippen LogP contribution in [-0.4, -0.2) is 68.8 Å². The molecular formula is C20H17ClN2O7S. The number of carbonyl (C=O) groups excluding carboxylic acids is 3. The fourth-order valence-corrected chi connectivity index (χ4v) is 5.36. The molecule has 0 aromatic heterocycles. The van der Waals surface area contributed by atoms with Crippen LogP contribution in [0.2, 0.25) is 5.02 Å². The number of hydrogen-bond acceptors (Lipinski definition) is 7. The van der Waals surface area contributed by atoms with E-state index >= 15 is 0 Å². The number of amides is 1. The van der Waals surface area contributed by atoms with E-state index in [-0.39, 0.29) is 64.4 Å². The first-order chi connectivity index (χ1) is 14.7. The third kappa shape index (κ3) is 3.78. The van der Waals surface area contributed by atoms with Crippen molar-refractivity contribution >= 4 is 39.5 Å². The molecule has 4 rings (SSSR count). The molecule has 2 aromatic rings. The van der Waals surface area contributed by atoms with Crippen LogP contribution in [0.5, 0.6) is 5.75 Å². The van der Waals surface area contributed by atoms with E-state index in [0.717, 1.165) is 0 Å². The normalized spacial score (nSPS) is 16.8. The number of sulfonamides is 1. The minimum atomic E-state index is -3.88. The van der Waals surface area contributed by atoms with Gasteiger partial charge in [-0.3, -0.25) is 4.79 Å². The highest BCUT2D eigenvalue weighted by atomic mass is 35.5. The van der Waals surface area contributed by atoms with Crippen molar-refractivity contribution in [1.29, 1.82) is 0 Å².